The maximum absolute atomic E-state index is 5.22. The molecule has 0 radical (unpaired) electrons. The third-order valence-electron chi connectivity index (χ3n) is 4.58. The number of thioether (sulfide) groups is 1. The highest BCUT2D eigenvalue weighted by Gasteiger charge is 2.14. The van der Waals surface area contributed by atoms with Gasteiger partial charge < -0.3 is 4.74 Å². The van der Waals surface area contributed by atoms with Crippen LogP contribution in [-0.2, 0) is 14.6 Å². The number of benzene rings is 2. The fraction of sp³-hybridized carbons (Fsp3) is 0.182. The zero-order valence-electron chi connectivity index (χ0n) is 15.8. The van der Waals surface area contributed by atoms with E-state index in [1.165, 1.54) is 16.7 Å². The van der Waals surface area contributed by atoms with Crippen LogP contribution in [-0.4, -0.2) is 21.6 Å². The maximum atomic E-state index is 5.22. The average molecular weight is 627 g/mol. The molecule has 0 aliphatic carbocycles. The Labute approximate surface area is 201 Å². The van der Waals surface area contributed by atoms with Crippen LogP contribution in [0.1, 0.15) is 16.7 Å². The highest BCUT2D eigenvalue weighted by atomic mass is 127. The van der Waals surface area contributed by atoms with Crippen LogP contribution in [0.15, 0.2) is 66.0 Å². The number of hydrogen-bond acceptors (Lipinski definition) is 4. The number of ether oxygens (including phenoxy) is 1. The van der Waals surface area contributed by atoms with Crippen LogP contribution in [0.2, 0.25) is 0 Å². The number of halogens is 2. The Hall–Kier alpha value is -1.33. The van der Waals surface area contributed by atoms with E-state index in [2.05, 4.69) is 97.2 Å². The Kier molecular flexibility index (Phi) is 6.96. The molecule has 4 aromatic rings. The number of nitrogens with zero attached hydrogens (tertiary/aromatic N) is 3. The number of pyridine rings is 1. The topological polar surface area (TPSA) is 39.9 Å². The molecule has 29 heavy (non-hydrogen) atoms. The predicted molar refractivity (Wildman–Crippen MR) is 137 cm³/mol. The molecular formula is C22H19I2N3OS. The molecule has 0 saturated heterocycles. The van der Waals surface area contributed by atoms with Gasteiger partial charge in [0.25, 0.3) is 0 Å². The van der Waals surface area contributed by atoms with Crippen LogP contribution in [0.25, 0.3) is 16.7 Å². The first-order valence-electron chi connectivity index (χ1n) is 9.06. The summed E-state index contributed by atoms with van der Waals surface area (Å²) in [5, 5.41) is 0.968. The monoisotopic (exact) mass is 627 g/mol. The summed E-state index contributed by atoms with van der Waals surface area (Å²) in [5.41, 5.74) is 7.02. The molecule has 4 nitrogen and oxygen atoms in total. The molecule has 0 aliphatic rings. The van der Waals surface area contributed by atoms with Gasteiger partial charge in [-0.3, -0.25) is 4.57 Å². The zero-order chi connectivity index (χ0) is 20.2. The first-order valence-corrected chi connectivity index (χ1v) is 13.1. The quantitative estimate of drug-likeness (QED) is 0.132. The Morgan fingerprint density at radius 1 is 0.931 bits per heavy atom. The van der Waals surface area contributed by atoms with Gasteiger partial charge in [0, 0.05) is 20.7 Å². The third-order valence-corrected chi connectivity index (χ3v) is 7.35. The molecule has 4 rings (SSSR count). The zero-order valence-corrected chi connectivity index (χ0v) is 20.9. The first-order chi connectivity index (χ1) is 14.2. The fourth-order valence-electron chi connectivity index (χ4n) is 3.03. The second-order valence-corrected chi connectivity index (χ2v) is 8.95. The average Bonchev–Trinajstić information content (AvgIpc) is 3.15. The Bertz CT molecular complexity index is 1110. The van der Waals surface area contributed by atoms with Crippen LogP contribution in [0, 0.1) is 0 Å². The SMILES string of the molecule is COc1ccc(-n2c(SCc3ccc(CI)cc3)nc3ccc(CI)cc32)cn1. The molecule has 2 aromatic carbocycles. The lowest BCUT2D eigenvalue weighted by Crippen LogP contribution is -1.98. The van der Waals surface area contributed by atoms with E-state index in [1.54, 1.807) is 18.9 Å². The molecule has 148 valence electrons. The summed E-state index contributed by atoms with van der Waals surface area (Å²) in [5.74, 6) is 1.48. The van der Waals surface area contributed by atoms with Crippen LogP contribution in [0.5, 0.6) is 5.88 Å². The number of imidazole rings is 1. The van der Waals surface area contributed by atoms with Gasteiger partial charge in [-0.15, -0.1) is 0 Å². The van der Waals surface area contributed by atoms with Gasteiger partial charge in [0.15, 0.2) is 5.16 Å². The number of fused-ring (bicyclic) bond motifs is 1. The lowest BCUT2D eigenvalue weighted by atomic mass is 10.2. The largest absolute Gasteiger partial charge is 0.481 e. The van der Waals surface area contributed by atoms with Crippen LogP contribution < -0.4 is 4.74 Å². The van der Waals surface area contributed by atoms with Crippen molar-refractivity contribution < 1.29 is 4.74 Å². The van der Waals surface area contributed by atoms with E-state index in [9.17, 15) is 0 Å². The molecule has 0 fully saturated rings. The summed E-state index contributed by atoms with van der Waals surface area (Å²) in [4.78, 5) is 9.32. The summed E-state index contributed by atoms with van der Waals surface area (Å²) in [7, 11) is 1.63. The molecular weight excluding hydrogens is 608 g/mol. The minimum absolute atomic E-state index is 0.607. The minimum Gasteiger partial charge on any atom is -0.481 e. The normalized spacial score (nSPS) is 11.1. The van der Waals surface area contributed by atoms with Crippen molar-refractivity contribution in [2.75, 3.05) is 7.11 Å². The molecule has 2 aromatic heterocycles. The summed E-state index contributed by atoms with van der Waals surface area (Å²) < 4.78 is 9.41. The summed E-state index contributed by atoms with van der Waals surface area (Å²) in [6.07, 6.45) is 1.84. The van der Waals surface area contributed by atoms with E-state index in [4.69, 9.17) is 9.72 Å². The molecule has 0 unspecified atom stereocenters. The molecule has 0 N–H and O–H groups in total. The number of methoxy groups -OCH3 is 1. The molecule has 0 amide bonds. The highest BCUT2D eigenvalue weighted by Crippen LogP contribution is 2.31. The number of alkyl halides is 2. The van der Waals surface area contributed by atoms with E-state index >= 15 is 0 Å². The van der Waals surface area contributed by atoms with E-state index in [0.717, 1.165) is 36.5 Å². The van der Waals surface area contributed by atoms with Gasteiger partial charge in [-0.2, -0.15) is 0 Å². The van der Waals surface area contributed by atoms with Crippen molar-refractivity contribution in [3.63, 3.8) is 0 Å². The van der Waals surface area contributed by atoms with Gasteiger partial charge in [-0.25, -0.2) is 9.97 Å². The Morgan fingerprint density at radius 2 is 1.66 bits per heavy atom. The van der Waals surface area contributed by atoms with Gasteiger partial charge in [0.2, 0.25) is 5.88 Å². The molecule has 0 aliphatic heterocycles. The van der Waals surface area contributed by atoms with Crippen molar-refractivity contribution >= 4 is 68.0 Å². The van der Waals surface area contributed by atoms with Gasteiger partial charge in [0.1, 0.15) is 0 Å². The molecule has 7 heteroatoms. The predicted octanol–water partition coefficient (Wildman–Crippen LogP) is 6.59. The Balaban J connectivity index is 1.72. The maximum Gasteiger partial charge on any atom is 0.213 e. The standard InChI is InChI=1S/C22H19I2N3OS/c1-28-21-9-7-18(13-25-21)27-20-10-17(12-24)6-8-19(20)26-22(27)29-14-16-4-2-15(11-23)3-5-16/h2-10,13H,11-12,14H2,1H3. The second kappa shape index (κ2) is 9.65. The number of aromatic nitrogens is 3. The van der Waals surface area contributed by atoms with Crippen molar-refractivity contribution in [1.82, 2.24) is 14.5 Å². The molecule has 0 spiro atoms. The lowest BCUT2D eigenvalue weighted by Gasteiger charge is -2.10. The van der Waals surface area contributed by atoms with Crippen molar-refractivity contribution in [3.05, 3.63) is 77.5 Å². The van der Waals surface area contributed by atoms with Crippen molar-refractivity contribution in [2.24, 2.45) is 0 Å². The van der Waals surface area contributed by atoms with Gasteiger partial charge in [0.05, 0.1) is 30.0 Å². The number of hydrogen-bond donors (Lipinski definition) is 0. The fourth-order valence-corrected chi connectivity index (χ4v) is 4.99. The van der Waals surface area contributed by atoms with Crippen LogP contribution >= 0.6 is 56.9 Å². The minimum atomic E-state index is 0.607. The molecule has 0 bridgehead atoms. The second-order valence-electron chi connectivity index (χ2n) is 6.48. The van der Waals surface area contributed by atoms with Crippen molar-refractivity contribution in [1.29, 1.82) is 0 Å². The Morgan fingerprint density at radius 3 is 2.31 bits per heavy atom. The molecule has 2 heterocycles. The molecule has 0 atom stereocenters. The van der Waals surface area contributed by atoms with E-state index in [1.807, 2.05) is 18.3 Å². The van der Waals surface area contributed by atoms with Gasteiger partial charge in [-0.05, 0) is 34.9 Å². The third kappa shape index (κ3) is 4.72. The van der Waals surface area contributed by atoms with Crippen molar-refractivity contribution in [2.45, 2.75) is 19.8 Å². The smallest absolute Gasteiger partial charge is 0.213 e. The van der Waals surface area contributed by atoms with Gasteiger partial charge >= 0.3 is 0 Å². The van der Waals surface area contributed by atoms with Gasteiger partial charge in [-0.1, -0.05) is 87.3 Å². The molecule has 0 saturated carbocycles. The summed E-state index contributed by atoms with van der Waals surface area (Å²) >= 11 is 6.53. The van der Waals surface area contributed by atoms with Crippen molar-refractivity contribution in [3.8, 4) is 11.6 Å². The van der Waals surface area contributed by atoms with E-state index in [0.29, 0.717) is 5.88 Å². The van der Waals surface area contributed by atoms with Crippen LogP contribution in [0.4, 0.5) is 0 Å². The number of rotatable bonds is 7. The lowest BCUT2D eigenvalue weighted by molar-refractivity contribution is 0.398. The van der Waals surface area contributed by atoms with E-state index in [-0.39, 0.29) is 0 Å². The highest BCUT2D eigenvalue weighted by molar-refractivity contribution is 14.1. The summed E-state index contributed by atoms with van der Waals surface area (Å²) in [6.45, 7) is 0. The van der Waals surface area contributed by atoms with E-state index < -0.39 is 0 Å². The van der Waals surface area contributed by atoms with Crippen LogP contribution in [0.3, 0.4) is 0 Å². The first kappa shape index (κ1) is 20.9. The summed E-state index contributed by atoms with van der Waals surface area (Å²) in [6, 6.07) is 19.2.